The molecule has 46 heavy (non-hydrogen) atoms. The molecule has 236 valence electrons. The van der Waals surface area contributed by atoms with E-state index in [1.807, 2.05) is 0 Å². The third-order valence-electron chi connectivity index (χ3n) is 6.53. The van der Waals surface area contributed by atoms with Crippen LogP contribution < -0.4 is 25.4 Å². The van der Waals surface area contributed by atoms with Crippen molar-refractivity contribution in [3.63, 3.8) is 0 Å². The van der Waals surface area contributed by atoms with Crippen molar-refractivity contribution in [3.8, 4) is 11.5 Å². The highest BCUT2D eigenvalue weighted by molar-refractivity contribution is 8.00. The number of carboxylic acids is 1. The predicted molar refractivity (Wildman–Crippen MR) is 179 cm³/mol. The monoisotopic (exact) mass is 659 g/mol. The molecular weight excluding hydrogens is 630 g/mol. The fraction of sp³-hybridized carbons (Fsp3) is 0.118. The van der Waals surface area contributed by atoms with E-state index in [0.717, 1.165) is 4.90 Å². The minimum atomic E-state index is -1.14. The molecule has 0 aliphatic heterocycles. The van der Waals surface area contributed by atoms with Gasteiger partial charge in [-0.1, -0.05) is 41.9 Å². The van der Waals surface area contributed by atoms with E-state index in [1.165, 1.54) is 50.3 Å². The first kappa shape index (κ1) is 33.6. The van der Waals surface area contributed by atoms with Gasteiger partial charge in [-0.25, -0.2) is 4.79 Å². The number of thioether (sulfide) groups is 1. The van der Waals surface area contributed by atoms with E-state index >= 15 is 0 Å². The lowest BCUT2D eigenvalue weighted by molar-refractivity contribution is -0.115. The number of amides is 3. The molecule has 12 heteroatoms. The molecule has 0 fully saturated rings. The summed E-state index contributed by atoms with van der Waals surface area (Å²) in [7, 11) is 2.98. The van der Waals surface area contributed by atoms with Crippen LogP contribution in [0, 0.1) is 0 Å². The third-order valence-corrected chi connectivity index (χ3v) is 7.97. The molecule has 0 aliphatic rings. The molecule has 4 N–H and O–H groups in total. The van der Waals surface area contributed by atoms with Crippen LogP contribution in [-0.2, 0) is 9.59 Å². The number of para-hydroxylation sites is 1. The molecule has 0 radical (unpaired) electrons. The third kappa shape index (κ3) is 8.68. The quantitative estimate of drug-likeness (QED) is 0.0986. The van der Waals surface area contributed by atoms with Crippen molar-refractivity contribution in [2.24, 2.45) is 0 Å². The van der Waals surface area contributed by atoms with Crippen LogP contribution in [0.25, 0.3) is 6.08 Å². The molecule has 3 amide bonds. The summed E-state index contributed by atoms with van der Waals surface area (Å²) in [5.74, 6) is -1.72. The Labute approximate surface area is 274 Å². The van der Waals surface area contributed by atoms with Gasteiger partial charge in [0.2, 0.25) is 5.91 Å². The Morgan fingerprint density at radius 3 is 2.22 bits per heavy atom. The Bertz CT molecular complexity index is 1780. The second-order valence-corrected chi connectivity index (χ2v) is 11.5. The number of benzene rings is 4. The van der Waals surface area contributed by atoms with Crippen LogP contribution in [0.4, 0.5) is 11.4 Å². The molecule has 0 saturated carbocycles. The van der Waals surface area contributed by atoms with Crippen LogP contribution in [0.5, 0.6) is 11.5 Å². The molecular formula is C34H30ClN3O7S. The average Bonchev–Trinajstić information content (AvgIpc) is 3.06. The van der Waals surface area contributed by atoms with Crippen molar-refractivity contribution in [1.29, 1.82) is 0 Å². The van der Waals surface area contributed by atoms with Gasteiger partial charge >= 0.3 is 5.97 Å². The molecule has 0 saturated heterocycles. The predicted octanol–water partition coefficient (Wildman–Crippen LogP) is 6.58. The molecule has 4 aromatic carbocycles. The highest BCUT2D eigenvalue weighted by Crippen LogP contribution is 2.32. The Kier molecular flexibility index (Phi) is 11.4. The molecule has 0 aromatic heterocycles. The summed E-state index contributed by atoms with van der Waals surface area (Å²) in [6, 6.07) is 24.5. The van der Waals surface area contributed by atoms with Gasteiger partial charge in [0.1, 0.15) is 5.70 Å². The van der Waals surface area contributed by atoms with E-state index in [9.17, 15) is 24.3 Å². The zero-order valence-corrected chi connectivity index (χ0v) is 26.6. The maximum Gasteiger partial charge on any atom is 0.335 e. The van der Waals surface area contributed by atoms with Crippen LogP contribution in [-0.4, -0.2) is 48.3 Å². The summed E-state index contributed by atoms with van der Waals surface area (Å²) in [5, 5.41) is 17.0. The summed E-state index contributed by atoms with van der Waals surface area (Å²) in [6.45, 7) is 1.70. The molecule has 1 unspecified atom stereocenters. The first-order chi connectivity index (χ1) is 22.1. The average molecular weight is 660 g/mol. The Morgan fingerprint density at radius 2 is 1.57 bits per heavy atom. The van der Waals surface area contributed by atoms with Crippen molar-refractivity contribution in [2.75, 3.05) is 24.9 Å². The second kappa shape index (κ2) is 15.6. The Morgan fingerprint density at radius 1 is 0.848 bits per heavy atom. The summed E-state index contributed by atoms with van der Waals surface area (Å²) in [6.07, 6.45) is 1.50. The van der Waals surface area contributed by atoms with Gasteiger partial charge in [0.25, 0.3) is 11.8 Å². The minimum absolute atomic E-state index is 0.00194. The van der Waals surface area contributed by atoms with E-state index in [2.05, 4.69) is 16.0 Å². The largest absolute Gasteiger partial charge is 0.493 e. The van der Waals surface area contributed by atoms with Crippen LogP contribution in [0.2, 0.25) is 5.02 Å². The standard InChI is InChI=1S/C34H30ClN3O7S/c1-20(31(39)37-27-19-23(34(42)43)12-17-26(27)35)46-25-15-13-24(14-16-25)36-33(41)28(38-32(40)21-8-5-4-6-9-21)18-22-10-7-11-29(44-2)30(22)45-3/h4-20H,1-3H3,(H,36,41)(H,37,39)(H,38,40)(H,42,43)/b28-18-. The number of hydrogen-bond acceptors (Lipinski definition) is 7. The lowest BCUT2D eigenvalue weighted by atomic mass is 10.1. The van der Waals surface area contributed by atoms with Gasteiger partial charge in [-0.3, -0.25) is 14.4 Å². The first-order valence-electron chi connectivity index (χ1n) is 13.8. The Balaban J connectivity index is 1.49. The fourth-order valence-electron chi connectivity index (χ4n) is 4.18. The van der Waals surface area contributed by atoms with Gasteiger partial charge < -0.3 is 30.5 Å². The van der Waals surface area contributed by atoms with E-state index in [1.54, 1.807) is 79.7 Å². The SMILES string of the molecule is COc1cccc(/C=C(\NC(=O)c2ccccc2)C(=O)Nc2ccc(SC(C)C(=O)Nc3cc(C(=O)O)ccc3Cl)cc2)c1OC. The number of nitrogens with one attached hydrogen (secondary N) is 3. The number of anilines is 2. The maximum absolute atomic E-state index is 13.5. The van der Waals surface area contributed by atoms with E-state index in [-0.39, 0.29) is 27.9 Å². The fourth-order valence-corrected chi connectivity index (χ4v) is 5.22. The topological polar surface area (TPSA) is 143 Å². The Hall–Kier alpha value is -5.26. The normalized spacial score (nSPS) is 11.6. The molecule has 10 nitrogen and oxygen atoms in total. The lowest BCUT2D eigenvalue weighted by Crippen LogP contribution is -2.30. The number of aromatic carboxylic acids is 1. The van der Waals surface area contributed by atoms with Crippen molar-refractivity contribution in [2.45, 2.75) is 17.1 Å². The highest BCUT2D eigenvalue weighted by Gasteiger charge is 2.19. The smallest absolute Gasteiger partial charge is 0.335 e. The van der Waals surface area contributed by atoms with Crippen molar-refractivity contribution < 1.29 is 33.8 Å². The lowest BCUT2D eigenvalue weighted by Gasteiger charge is -2.15. The zero-order chi connectivity index (χ0) is 33.2. The van der Waals surface area contributed by atoms with Crippen molar-refractivity contribution in [3.05, 3.63) is 118 Å². The number of carbonyl (C=O) groups excluding carboxylic acids is 3. The number of ether oxygens (including phenoxy) is 2. The van der Waals surface area contributed by atoms with Gasteiger partial charge in [0, 0.05) is 21.7 Å². The molecule has 0 spiro atoms. The summed E-state index contributed by atoms with van der Waals surface area (Å²) >= 11 is 7.39. The first-order valence-corrected chi connectivity index (χ1v) is 15.1. The summed E-state index contributed by atoms with van der Waals surface area (Å²) < 4.78 is 10.9. The number of methoxy groups -OCH3 is 2. The van der Waals surface area contributed by atoms with E-state index in [0.29, 0.717) is 28.3 Å². The second-order valence-electron chi connectivity index (χ2n) is 9.69. The molecule has 1 atom stereocenters. The van der Waals surface area contributed by atoms with Crippen LogP contribution >= 0.6 is 23.4 Å². The number of rotatable bonds is 12. The molecule has 0 aliphatic carbocycles. The van der Waals surface area contributed by atoms with Crippen molar-refractivity contribution >= 4 is 64.5 Å². The minimum Gasteiger partial charge on any atom is -0.493 e. The number of halogens is 1. The van der Waals surface area contributed by atoms with E-state index < -0.39 is 23.0 Å². The summed E-state index contributed by atoms with van der Waals surface area (Å²) in [4.78, 5) is 51.3. The number of hydrogen-bond donors (Lipinski definition) is 4. The zero-order valence-electron chi connectivity index (χ0n) is 25.0. The van der Waals surface area contributed by atoms with Gasteiger partial charge in [-0.05, 0) is 73.7 Å². The molecule has 0 bridgehead atoms. The van der Waals surface area contributed by atoms with Crippen molar-refractivity contribution in [1.82, 2.24) is 5.32 Å². The van der Waals surface area contributed by atoms with Crippen LogP contribution in [0.15, 0.2) is 102 Å². The van der Waals surface area contributed by atoms with E-state index in [4.69, 9.17) is 21.1 Å². The number of carboxylic acid groups (broad SMARTS) is 1. The molecule has 4 aromatic rings. The van der Waals surface area contributed by atoms with Crippen LogP contribution in [0.1, 0.15) is 33.2 Å². The summed E-state index contributed by atoms with van der Waals surface area (Å²) in [5.41, 5.74) is 1.49. The van der Waals surface area contributed by atoms with Gasteiger partial charge in [-0.2, -0.15) is 0 Å². The maximum atomic E-state index is 13.5. The van der Waals surface area contributed by atoms with Crippen LogP contribution in [0.3, 0.4) is 0 Å². The van der Waals surface area contributed by atoms with Gasteiger partial charge in [0.05, 0.1) is 35.7 Å². The van der Waals surface area contributed by atoms with Gasteiger partial charge in [-0.15, -0.1) is 11.8 Å². The highest BCUT2D eigenvalue weighted by atomic mass is 35.5. The van der Waals surface area contributed by atoms with Gasteiger partial charge in [0.15, 0.2) is 11.5 Å². The number of carbonyl (C=O) groups is 4. The molecule has 4 rings (SSSR count). The molecule has 0 heterocycles.